The minimum atomic E-state index is 0.0113. The molecule has 2 fully saturated rings. The first-order chi connectivity index (χ1) is 15.6. The van der Waals surface area contributed by atoms with E-state index < -0.39 is 0 Å². The first-order valence-electron chi connectivity index (χ1n) is 11.0. The van der Waals surface area contributed by atoms with E-state index in [4.69, 9.17) is 10.5 Å². The average molecular weight is 435 g/mol. The van der Waals surface area contributed by atoms with Gasteiger partial charge in [-0.3, -0.25) is 9.89 Å². The second-order valence-corrected chi connectivity index (χ2v) is 8.41. The maximum Gasteiger partial charge on any atom is 0.233 e. The fourth-order valence-corrected chi connectivity index (χ4v) is 4.92. The predicted molar refractivity (Wildman–Crippen MR) is 118 cm³/mol. The molecule has 0 saturated carbocycles. The van der Waals surface area contributed by atoms with Crippen LogP contribution in [0.4, 0.5) is 0 Å². The van der Waals surface area contributed by atoms with E-state index in [0.717, 1.165) is 36.8 Å². The molecule has 166 valence electrons. The first-order valence-corrected chi connectivity index (χ1v) is 11.0. The summed E-state index contributed by atoms with van der Waals surface area (Å²) in [6.45, 7) is 0.387. The Morgan fingerprint density at radius 1 is 1.16 bits per heavy atom. The number of ether oxygens (including phenoxy) is 1. The molecule has 32 heavy (non-hydrogen) atoms. The van der Waals surface area contributed by atoms with Crippen LogP contribution in [0.1, 0.15) is 32.1 Å². The van der Waals surface area contributed by atoms with Gasteiger partial charge in [0.05, 0.1) is 11.9 Å². The number of benzene rings is 1. The fourth-order valence-electron chi connectivity index (χ4n) is 4.92. The predicted octanol–water partition coefficient (Wildman–Crippen LogP) is 2.49. The summed E-state index contributed by atoms with van der Waals surface area (Å²) in [6.07, 6.45) is 7.51. The number of aromatic amines is 1. The van der Waals surface area contributed by atoms with Crippen LogP contribution in [0, 0.1) is 0 Å². The van der Waals surface area contributed by atoms with Crippen LogP contribution in [0.15, 0.2) is 42.7 Å². The highest BCUT2D eigenvalue weighted by molar-refractivity contribution is 5.77. The highest BCUT2D eigenvalue weighted by atomic mass is 16.5. The van der Waals surface area contributed by atoms with Crippen LogP contribution in [0.2, 0.25) is 0 Å². The summed E-state index contributed by atoms with van der Waals surface area (Å²) >= 11 is 0. The van der Waals surface area contributed by atoms with Gasteiger partial charge in [-0.2, -0.15) is 5.10 Å². The number of carbonyl (C=O) groups is 1. The number of rotatable bonds is 6. The molecule has 2 atom stereocenters. The SMILES string of the molecule is NCCC(=O)N1C2CCC1CC(Oc1ccc(-c3ccc(-c4cn[nH]c4)cc3O)nn1)C2. The van der Waals surface area contributed by atoms with Gasteiger partial charge in [-0.25, -0.2) is 0 Å². The van der Waals surface area contributed by atoms with Gasteiger partial charge in [-0.15, -0.1) is 10.2 Å². The fraction of sp³-hybridized carbons (Fsp3) is 0.391. The zero-order chi connectivity index (χ0) is 22.1. The molecule has 1 amide bonds. The van der Waals surface area contributed by atoms with Crippen molar-refractivity contribution in [3.63, 3.8) is 0 Å². The lowest BCUT2D eigenvalue weighted by molar-refractivity contribution is -0.136. The van der Waals surface area contributed by atoms with E-state index in [1.807, 2.05) is 17.0 Å². The number of aromatic nitrogens is 4. The summed E-state index contributed by atoms with van der Waals surface area (Å²) < 4.78 is 6.10. The standard InChI is InChI=1S/C23H26N6O3/c24-8-7-23(31)29-16-2-3-17(29)11-18(10-16)32-22-6-5-20(27-28-22)19-4-1-14(9-21(19)30)15-12-25-26-13-15/h1,4-6,9,12-13,16-18,30H,2-3,7-8,10-11,24H2,(H,25,26). The maximum atomic E-state index is 12.4. The number of amides is 1. The van der Waals surface area contributed by atoms with E-state index in [2.05, 4.69) is 20.4 Å². The van der Waals surface area contributed by atoms with Crippen molar-refractivity contribution in [2.24, 2.45) is 5.73 Å². The lowest BCUT2D eigenvalue weighted by Gasteiger charge is -2.38. The molecule has 3 aromatic rings. The van der Waals surface area contributed by atoms with E-state index in [1.54, 1.807) is 30.6 Å². The minimum absolute atomic E-state index is 0.0113. The van der Waals surface area contributed by atoms with Gasteiger partial charge in [-0.1, -0.05) is 6.07 Å². The Hall–Kier alpha value is -3.46. The summed E-state index contributed by atoms with van der Waals surface area (Å²) in [7, 11) is 0. The normalized spacial score (nSPS) is 22.2. The summed E-state index contributed by atoms with van der Waals surface area (Å²) in [4.78, 5) is 14.4. The van der Waals surface area contributed by atoms with Crippen LogP contribution in [0.25, 0.3) is 22.4 Å². The summed E-state index contributed by atoms with van der Waals surface area (Å²) in [5.41, 5.74) is 8.48. The molecule has 2 aliphatic heterocycles. The number of H-pyrrole nitrogens is 1. The van der Waals surface area contributed by atoms with Crippen molar-refractivity contribution in [1.82, 2.24) is 25.3 Å². The van der Waals surface area contributed by atoms with Crippen LogP contribution in [0.3, 0.4) is 0 Å². The second-order valence-electron chi connectivity index (χ2n) is 8.41. The number of carbonyl (C=O) groups excluding carboxylic acids is 1. The lowest BCUT2D eigenvalue weighted by atomic mass is 9.99. The molecule has 0 aliphatic carbocycles. The van der Waals surface area contributed by atoms with Gasteiger partial charge in [0.25, 0.3) is 0 Å². The van der Waals surface area contributed by atoms with Crippen LogP contribution in [-0.2, 0) is 4.79 Å². The second kappa shape index (κ2) is 8.58. The Balaban J connectivity index is 1.25. The molecule has 5 rings (SSSR count). The number of phenolic OH excluding ortho intramolecular Hbond substituents is 1. The third-order valence-corrected chi connectivity index (χ3v) is 6.37. The van der Waals surface area contributed by atoms with Gasteiger partial charge < -0.3 is 20.5 Å². The first kappa shape index (κ1) is 20.4. The molecular formula is C23H26N6O3. The molecule has 2 aromatic heterocycles. The number of nitrogens with two attached hydrogens (primary N) is 1. The Labute approximate surface area is 185 Å². The van der Waals surface area contributed by atoms with E-state index in [1.165, 1.54) is 0 Å². The molecule has 9 nitrogen and oxygen atoms in total. The van der Waals surface area contributed by atoms with Crippen molar-refractivity contribution >= 4 is 5.91 Å². The molecule has 9 heteroatoms. The molecule has 4 N–H and O–H groups in total. The minimum Gasteiger partial charge on any atom is -0.507 e. The van der Waals surface area contributed by atoms with Gasteiger partial charge in [0.15, 0.2) is 0 Å². The molecule has 0 spiro atoms. The highest BCUT2D eigenvalue weighted by Crippen LogP contribution is 2.38. The Morgan fingerprint density at radius 3 is 2.59 bits per heavy atom. The molecule has 4 heterocycles. The largest absolute Gasteiger partial charge is 0.507 e. The number of hydrogen-bond donors (Lipinski definition) is 3. The van der Waals surface area contributed by atoms with Crippen LogP contribution < -0.4 is 10.5 Å². The molecule has 2 bridgehead atoms. The molecule has 1 aromatic carbocycles. The van der Waals surface area contributed by atoms with Crippen molar-refractivity contribution in [1.29, 1.82) is 0 Å². The Bertz CT molecular complexity index is 1070. The van der Waals surface area contributed by atoms with E-state index >= 15 is 0 Å². The third-order valence-electron chi connectivity index (χ3n) is 6.37. The lowest BCUT2D eigenvalue weighted by Crippen LogP contribution is -2.49. The van der Waals surface area contributed by atoms with Crippen molar-refractivity contribution in [2.45, 2.75) is 50.3 Å². The quantitative estimate of drug-likeness (QED) is 0.543. The summed E-state index contributed by atoms with van der Waals surface area (Å²) in [5.74, 6) is 0.730. The van der Waals surface area contributed by atoms with Crippen molar-refractivity contribution in [2.75, 3.05) is 6.54 Å². The van der Waals surface area contributed by atoms with Crippen LogP contribution in [-0.4, -0.2) is 61.0 Å². The molecular weight excluding hydrogens is 408 g/mol. The number of phenols is 1. The third kappa shape index (κ3) is 3.91. The molecule has 0 radical (unpaired) electrons. The number of aromatic hydroxyl groups is 1. The zero-order valence-electron chi connectivity index (χ0n) is 17.6. The van der Waals surface area contributed by atoms with Gasteiger partial charge >= 0.3 is 0 Å². The maximum absolute atomic E-state index is 12.4. The van der Waals surface area contributed by atoms with Crippen molar-refractivity contribution in [3.05, 3.63) is 42.7 Å². The van der Waals surface area contributed by atoms with Crippen molar-refractivity contribution in [3.8, 4) is 34.0 Å². The van der Waals surface area contributed by atoms with Gasteiger partial charge in [-0.05, 0) is 36.6 Å². The summed E-state index contributed by atoms with van der Waals surface area (Å²) in [5, 5.41) is 25.7. The summed E-state index contributed by atoms with van der Waals surface area (Å²) in [6, 6.07) is 9.41. The van der Waals surface area contributed by atoms with E-state index in [0.29, 0.717) is 30.1 Å². The zero-order valence-corrected chi connectivity index (χ0v) is 17.6. The number of fused-ring (bicyclic) bond motifs is 2. The van der Waals surface area contributed by atoms with Crippen molar-refractivity contribution < 1.29 is 14.6 Å². The Kier molecular flexibility index (Phi) is 5.48. The Morgan fingerprint density at radius 2 is 1.97 bits per heavy atom. The average Bonchev–Trinajstić information content (AvgIpc) is 3.42. The van der Waals surface area contributed by atoms with Crippen LogP contribution >= 0.6 is 0 Å². The topological polar surface area (TPSA) is 130 Å². The molecule has 2 saturated heterocycles. The molecule has 2 aliphatic rings. The van der Waals surface area contributed by atoms with E-state index in [-0.39, 0.29) is 29.8 Å². The number of nitrogens with one attached hydrogen (secondary N) is 1. The van der Waals surface area contributed by atoms with Gasteiger partial charge in [0.1, 0.15) is 11.9 Å². The monoisotopic (exact) mass is 434 g/mol. The number of piperidine rings is 1. The molecule has 2 unspecified atom stereocenters. The number of hydrogen-bond acceptors (Lipinski definition) is 7. The van der Waals surface area contributed by atoms with E-state index in [9.17, 15) is 9.90 Å². The smallest absolute Gasteiger partial charge is 0.233 e. The van der Waals surface area contributed by atoms with Gasteiger partial charge in [0, 0.05) is 61.3 Å². The van der Waals surface area contributed by atoms with Crippen LogP contribution in [0.5, 0.6) is 11.6 Å². The highest BCUT2D eigenvalue weighted by Gasteiger charge is 2.43. The number of nitrogens with zero attached hydrogens (tertiary/aromatic N) is 4. The van der Waals surface area contributed by atoms with Gasteiger partial charge in [0.2, 0.25) is 11.8 Å².